The number of ether oxygens (including phenoxy) is 1. The molecule has 0 unspecified atom stereocenters. The summed E-state index contributed by atoms with van der Waals surface area (Å²) in [5.74, 6) is -0.204. The highest BCUT2D eigenvalue weighted by atomic mass is 32.2. The van der Waals surface area contributed by atoms with Crippen LogP contribution in [0.1, 0.15) is 43.0 Å². The SMILES string of the molecule is CCCCN1CCC(NC(=O)c2cc(S(=O)(=O)N(C)C)ccc2N2CCOCC2)CC1. The van der Waals surface area contributed by atoms with Gasteiger partial charge in [-0.05, 0) is 44.0 Å². The molecule has 2 aliphatic heterocycles. The fourth-order valence-corrected chi connectivity index (χ4v) is 5.02. The monoisotopic (exact) mass is 452 g/mol. The van der Waals surface area contributed by atoms with Crippen LogP contribution in [-0.2, 0) is 14.8 Å². The summed E-state index contributed by atoms with van der Waals surface area (Å²) in [4.78, 5) is 18.0. The molecule has 1 aromatic rings. The van der Waals surface area contributed by atoms with Gasteiger partial charge in [0.15, 0.2) is 0 Å². The van der Waals surface area contributed by atoms with E-state index in [9.17, 15) is 13.2 Å². The molecule has 2 heterocycles. The summed E-state index contributed by atoms with van der Waals surface area (Å²) in [7, 11) is -0.632. The van der Waals surface area contributed by atoms with Crippen LogP contribution in [0.2, 0.25) is 0 Å². The van der Waals surface area contributed by atoms with Gasteiger partial charge < -0.3 is 19.9 Å². The summed E-state index contributed by atoms with van der Waals surface area (Å²) >= 11 is 0. The highest BCUT2D eigenvalue weighted by Crippen LogP contribution is 2.27. The number of carbonyl (C=O) groups is 1. The van der Waals surface area contributed by atoms with Crippen LogP contribution in [0.4, 0.5) is 5.69 Å². The van der Waals surface area contributed by atoms with Gasteiger partial charge in [-0.25, -0.2) is 12.7 Å². The summed E-state index contributed by atoms with van der Waals surface area (Å²) in [5, 5.41) is 3.17. The third-order valence-electron chi connectivity index (χ3n) is 6.09. The second-order valence-electron chi connectivity index (χ2n) is 8.51. The molecule has 3 rings (SSSR count). The molecule has 1 amide bonds. The van der Waals surface area contributed by atoms with Crippen LogP contribution in [0, 0.1) is 0 Å². The molecule has 174 valence electrons. The molecule has 0 saturated carbocycles. The van der Waals surface area contributed by atoms with Crippen molar-refractivity contribution < 1.29 is 17.9 Å². The van der Waals surface area contributed by atoms with E-state index in [1.807, 2.05) is 0 Å². The largest absolute Gasteiger partial charge is 0.378 e. The molecule has 0 atom stereocenters. The Balaban J connectivity index is 1.79. The van der Waals surface area contributed by atoms with E-state index in [2.05, 4.69) is 22.0 Å². The van der Waals surface area contributed by atoms with E-state index in [0.717, 1.165) is 38.2 Å². The molecule has 2 aliphatic rings. The zero-order chi connectivity index (χ0) is 22.4. The predicted octanol–water partition coefficient (Wildman–Crippen LogP) is 1.77. The first-order chi connectivity index (χ1) is 14.8. The summed E-state index contributed by atoms with van der Waals surface area (Å²) in [5.41, 5.74) is 1.18. The molecule has 8 nitrogen and oxygen atoms in total. The van der Waals surface area contributed by atoms with Crippen LogP contribution in [-0.4, -0.2) is 89.6 Å². The number of nitrogens with zero attached hydrogens (tertiary/aromatic N) is 3. The molecule has 0 aliphatic carbocycles. The number of hydrogen-bond acceptors (Lipinski definition) is 6. The Hall–Kier alpha value is -1.68. The zero-order valence-corrected chi connectivity index (χ0v) is 19.8. The Labute approximate surface area is 186 Å². The van der Waals surface area contributed by atoms with E-state index in [1.54, 1.807) is 12.1 Å². The number of rotatable bonds is 8. The van der Waals surface area contributed by atoms with Gasteiger partial charge >= 0.3 is 0 Å². The maximum atomic E-state index is 13.3. The number of sulfonamides is 1. The van der Waals surface area contributed by atoms with Crippen molar-refractivity contribution in [3.8, 4) is 0 Å². The van der Waals surface area contributed by atoms with Gasteiger partial charge in [0, 0.05) is 52.0 Å². The second-order valence-corrected chi connectivity index (χ2v) is 10.7. The van der Waals surface area contributed by atoms with Crippen LogP contribution >= 0.6 is 0 Å². The van der Waals surface area contributed by atoms with E-state index in [4.69, 9.17) is 4.74 Å². The van der Waals surface area contributed by atoms with Crippen LogP contribution < -0.4 is 10.2 Å². The van der Waals surface area contributed by atoms with Gasteiger partial charge in [-0.1, -0.05) is 13.3 Å². The minimum atomic E-state index is -3.63. The second kappa shape index (κ2) is 10.8. The molecule has 0 aromatic heterocycles. The van der Waals surface area contributed by atoms with Gasteiger partial charge in [-0.3, -0.25) is 4.79 Å². The number of nitrogens with one attached hydrogen (secondary N) is 1. The van der Waals surface area contributed by atoms with Crippen molar-refractivity contribution in [1.29, 1.82) is 0 Å². The Morgan fingerprint density at radius 3 is 2.45 bits per heavy atom. The minimum Gasteiger partial charge on any atom is -0.378 e. The first-order valence-electron chi connectivity index (χ1n) is 11.3. The van der Waals surface area contributed by atoms with Crippen molar-refractivity contribution in [2.24, 2.45) is 0 Å². The maximum Gasteiger partial charge on any atom is 0.253 e. The lowest BCUT2D eigenvalue weighted by atomic mass is 10.0. The van der Waals surface area contributed by atoms with Crippen molar-refractivity contribution in [2.45, 2.75) is 43.5 Å². The van der Waals surface area contributed by atoms with E-state index in [1.165, 1.54) is 37.3 Å². The number of unbranched alkanes of at least 4 members (excludes halogenated alkanes) is 1. The van der Waals surface area contributed by atoms with Gasteiger partial charge in [0.05, 0.1) is 23.7 Å². The number of amides is 1. The lowest BCUT2D eigenvalue weighted by molar-refractivity contribution is 0.0909. The Morgan fingerprint density at radius 1 is 1.16 bits per heavy atom. The quantitative estimate of drug-likeness (QED) is 0.647. The lowest BCUT2D eigenvalue weighted by Crippen LogP contribution is -2.45. The predicted molar refractivity (Wildman–Crippen MR) is 122 cm³/mol. The minimum absolute atomic E-state index is 0.108. The highest BCUT2D eigenvalue weighted by Gasteiger charge is 2.26. The number of piperidine rings is 1. The molecule has 31 heavy (non-hydrogen) atoms. The van der Waals surface area contributed by atoms with Gasteiger partial charge in [0.1, 0.15) is 0 Å². The fourth-order valence-electron chi connectivity index (χ4n) is 4.09. The molecule has 0 radical (unpaired) electrons. The van der Waals surface area contributed by atoms with Crippen molar-refractivity contribution in [1.82, 2.24) is 14.5 Å². The number of carbonyl (C=O) groups excluding carboxylic acids is 1. The Kier molecular flexibility index (Phi) is 8.32. The molecule has 2 saturated heterocycles. The van der Waals surface area contributed by atoms with E-state index < -0.39 is 10.0 Å². The first kappa shape index (κ1) is 24.0. The number of morpholine rings is 1. The number of benzene rings is 1. The smallest absolute Gasteiger partial charge is 0.253 e. The van der Waals surface area contributed by atoms with Crippen LogP contribution in [0.3, 0.4) is 0 Å². The summed E-state index contributed by atoms with van der Waals surface area (Å²) in [6.45, 7) is 7.81. The summed E-state index contributed by atoms with van der Waals surface area (Å²) in [6.07, 6.45) is 4.22. The van der Waals surface area contributed by atoms with Crippen molar-refractivity contribution in [2.75, 3.05) is 64.9 Å². The molecule has 0 bridgehead atoms. The van der Waals surface area contributed by atoms with Gasteiger partial charge in [0.2, 0.25) is 10.0 Å². The van der Waals surface area contributed by atoms with Crippen molar-refractivity contribution in [3.05, 3.63) is 23.8 Å². The molecular weight excluding hydrogens is 416 g/mol. The molecule has 1 aromatic carbocycles. The first-order valence-corrected chi connectivity index (χ1v) is 12.7. The van der Waals surface area contributed by atoms with E-state index >= 15 is 0 Å². The Morgan fingerprint density at radius 2 is 1.84 bits per heavy atom. The number of hydrogen-bond donors (Lipinski definition) is 1. The normalized spacial score (nSPS) is 19.0. The van der Waals surface area contributed by atoms with Crippen molar-refractivity contribution in [3.63, 3.8) is 0 Å². The lowest BCUT2D eigenvalue weighted by Gasteiger charge is -2.33. The fraction of sp³-hybridized carbons (Fsp3) is 0.682. The van der Waals surface area contributed by atoms with E-state index in [0.29, 0.717) is 31.9 Å². The molecule has 1 N–H and O–H groups in total. The third kappa shape index (κ3) is 5.97. The topological polar surface area (TPSA) is 82.2 Å². The average Bonchev–Trinajstić information content (AvgIpc) is 2.78. The standard InChI is InChI=1S/C22H36N4O4S/c1-4-5-10-25-11-8-18(9-12-25)23-22(27)20-17-19(31(28,29)24(2)3)6-7-21(20)26-13-15-30-16-14-26/h6-7,17-18H,4-5,8-16H2,1-3H3,(H,23,27). The third-order valence-corrected chi connectivity index (χ3v) is 7.90. The van der Waals surface area contributed by atoms with Gasteiger partial charge in [-0.2, -0.15) is 0 Å². The van der Waals surface area contributed by atoms with Crippen molar-refractivity contribution >= 4 is 21.6 Å². The summed E-state index contributed by atoms with van der Waals surface area (Å²) in [6, 6.07) is 4.97. The molecular formula is C22H36N4O4S. The zero-order valence-electron chi connectivity index (χ0n) is 19.0. The van der Waals surface area contributed by atoms with Crippen LogP contribution in [0.25, 0.3) is 0 Å². The van der Waals surface area contributed by atoms with Gasteiger partial charge in [0.25, 0.3) is 5.91 Å². The molecule has 2 fully saturated rings. The number of anilines is 1. The summed E-state index contributed by atoms with van der Waals surface area (Å²) < 4.78 is 31.9. The average molecular weight is 453 g/mol. The highest BCUT2D eigenvalue weighted by molar-refractivity contribution is 7.89. The van der Waals surface area contributed by atoms with Gasteiger partial charge in [-0.15, -0.1) is 0 Å². The molecule has 9 heteroatoms. The maximum absolute atomic E-state index is 13.3. The van der Waals surface area contributed by atoms with Crippen LogP contribution in [0.15, 0.2) is 23.1 Å². The van der Waals surface area contributed by atoms with Crippen LogP contribution in [0.5, 0.6) is 0 Å². The number of likely N-dealkylation sites (tertiary alicyclic amines) is 1. The molecule has 0 spiro atoms. The Bertz CT molecular complexity index is 845. The van der Waals surface area contributed by atoms with E-state index in [-0.39, 0.29) is 16.8 Å².